The van der Waals surface area contributed by atoms with Gasteiger partial charge in [0.15, 0.2) is 0 Å². The topological polar surface area (TPSA) is 96.0 Å². The Balaban J connectivity index is 2.05. The highest BCUT2D eigenvalue weighted by Gasteiger charge is 2.33. The predicted molar refractivity (Wildman–Crippen MR) is 153 cm³/mol. The van der Waals surface area contributed by atoms with Crippen LogP contribution in [0.15, 0.2) is 77.7 Å². The summed E-state index contributed by atoms with van der Waals surface area (Å²) in [6.45, 7) is 7.50. The number of rotatable bonds is 13. The second-order valence-corrected chi connectivity index (χ2v) is 11.1. The zero-order valence-corrected chi connectivity index (χ0v) is 24.1. The first kappa shape index (κ1) is 30.6. The first-order valence-corrected chi connectivity index (χ1v) is 14.7. The van der Waals surface area contributed by atoms with E-state index in [4.69, 9.17) is 4.74 Å². The molecule has 0 aliphatic carbocycles. The van der Waals surface area contributed by atoms with Gasteiger partial charge in [-0.15, -0.1) is 0 Å². The van der Waals surface area contributed by atoms with Crippen LogP contribution in [0.25, 0.3) is 0 Å². The minimum absolute atomic E-state index is 0.00352. The number of likely N-dealkylation sites (N-methyl/N-ethyl adjacent to an activating group) is 1. The number of hydrogen-bond acceptors (Lipinski definition) is 5. The molecule has 0 bridgehead atoms. The van der Waals surface area contributed by atoms with E-state index in [9.17, 15) is 22.4 Å². The molecule has 8 nitrogen and oxygen atoms in total. The predicted octanol–water partition coefficient (Wildman–Crippen LogP) is 4.67. The van der Waals surface area contributed by atoms with Crippen LogP contribution in [0, 0.1) is 12.7 Å². The van der Waals surface area contributed by atoms with Gasteiger partial charge in [0.05, 0.1) is 17.2 Å². The lowest BCUT2D eigenvalue weighted by Crippen LogP contribution is -2.52. The van der Waals surface area contributed by atoms with Crippen molar-refractivity contribution in [3.05, 3.63) is 89.7 Å². The SMILES string of the molecule is CCNC(=O)[C@@H](CC)N(Cc1ccc(F)cc1)C(=O)CN(c1ccc(OCC)cc1)S(=O)(=O)c1ccc(C)cc1. The van der Waals surface area contributed by atoms with Gasteiger partial charge >= 0.3 is 0 Å². The van der Waals surface area contributed by atoms with Gasteiger partial charge in [0, 0.05) is 13.1 Å². The lowest BCUT2D eigenvalue weighted by atomic mass is 10.1. The molecular formula is C30H36FN3O5S. The average molecular weight is 570 g/mol. The second kappa shape index (κ2) is 13.9. The van der Waals surface area contributed by atoms with Crippen LogP contribution in [-0.2, 0) is 26.2 Å². The Morgan fingerprint density at radius 1 is 0.925 bits per heavy atom. The number of amides is 2. The molecule has 1 N–H and O–H groups in total. The van der Waals surface area contributed by atoms with Crippen LogP contribution >= 0.6 is 0 Å². The van der Waals surface area contributed by atoms with Crippen LogP contribution in [0.3, 0.4) is 0 Å². The molecule has 3 aromatic rings. The van der Waals surface area contributed by atoms with E-state index >= 15 is 0 Å². The summed E-state index contributed by atoms with van der Waals surface area (Å²) < 4.78 is 47.9. The van der Waals surface area contributed by atoms with E-state index in [0.29, 0.717) is 30.9 Å². The zero-order chi connectivity index (χ0) is 29.3. The normalized spacial score (nSPS) is 11.9. The van der Waals surface area contributed by atoms with Crippen LogP contribution in [0.5, 0.6) is 5.75 Å². The number of aryl methyl sites for hydroxylation is 1. The van der Waals surface area contributed by atoms with Crippen molar-refractivity contribution in [2.45, 2.75) is 51.6 Å². The van der Waals surface area contributed by atoms with Gasteiger partial charge in [-0.2, -0.15) is 0 Å². The van der Waals surface area contributed by atoms with Gasteiger partial charge < -0.3 is 15.0 Å². The molecule has 3 rings (SSSR count). The number of hydrogen-bond donors (Lipinski definition) is 1. The van der Waals surface area contributed by atoms with Gasteiger partial charge in [-0.25, -0.2) is 12.8 Å². The fraction of sp³-hybridized carbons (Fsp3) is 0.333. The van der Waals surface area contributed by atoms with Gasteiger partial charge in [0.25, 0.3) is 10.0 Å². The van der Waals surface area contributed by atoms with Crippen molar-refractivity contribution >= 4 is 27.5 Å². The molecule has 0 radical (unpaired) electrons. The summed E-state index contributed by atoms with van der Waals surface area (Å²) >= 11 is 0. The molecule has 0 aromatic heterocycles. The van der Waals surface area contributed by atoms with E-state index in [1.54, 1.807) is 50.2 Å². The first-order valence-electron chi connectivity index (χ1n) is 13.2. The van der Waals surface area contributed by atoms with E-state index in [1.165, 1.54) is 41.3 Å². The Bertz CT molecular complexity index is 1380. The molecule has 0 spiro atoms. The number of benzene rings is 3. The van der Waals surface area contributed by atoms with E-state index in [0.717, 1.165) is 9.87 Å². The molecule has 0 heterocycles. The molecule has 0 unspecified atom stereocenters. The summed E-state index contributed by atoms with van der Waals surface area (Å²) in [7, 11) is -4.17. The third kappa shape index (κ3) is 7.59. The quantitative estimate of drug-likeness (QED) is 0.323. The summed E-state index contributed by atoms with van der Waals surface area (Å²) in [5.74, 6) is -0.796. The zero-order valence-electron chi connectivity index (χ0n) is 23.3. The smallest absolute Gasteiger partial charge is 0.264 e. The molecule has 0 aliphatic rings. The van der Waals surface area contributed by atoms with E-state index in [2.05, 4.69) is 5.32 Å². The van der Waals surface area contributed by atoms with Crippen molar-refractivity contribution in [1.29, 1.82) is 0 Å². The molecule has 214 valence electrons. The van der Waals surface area contributed by atoms with Gasteiger partial charge in [0.2, 0.25) is 11.8 Å². The molecule has 0 fully saturated rings. The minimum Gasteiger partial charge on any atom is -0.494 e. The molecular weight excluding hydrogens is 533 g/mol. The number of sulfonamides is 1. The summed E-state index contributed by atoms with van der Waals surface area (Å²) in [6.07, 6.45) is 0.298. The van der Waals surface area contributed by atoms with Gasteiger partial charge in [-0.05, 0) is 81.3 Å². The third-order valence-electron chi connectivity index (χ3n) is 6.33. The minimum atomic E-state index is -4.17. The van der Waals surface area contributed by atoms with Crippen LogP contribution in [-0.4, -0.2) is 50.9 Å². The number of carbonyl (C=O) groups is 2. The Morgan fingerprint density at radius 3 is 2.10 bits per heavy atom. The lowest BCUT2D eigenvalue weighted by Gasteiger charge is -2.33. The Hall–Kier alpha value is -3.92. The molecule has 0 saturated heterocycles. The number of halogens is 1. The second-order valence-electron chi connectivity index (χ2n) is 9.22. The summed E-state index contributed by atoms with van der Waals surface area (Å²) in [5.41, 5.74) is 1.76. The Labute approximate surface area is 235 Å². The molecule has 0 aliphatic heterocycles. The highest BCUT2D eigenvalue weighted by molar-refractivity contribution is 7.92. The number of carbonyl (C=O) groups excluding carboxylic acids is 2. The van der Waals surface area contributed by atoms with Crippen molar-refractivity contribution in [3.63, 3.8) is 0 Å². The van der Waals surface area contributed by atoms with Crippen molar-refractivity contribution in [2.24, 2.45) is 0 Å². The van der Waals surface area contributed by atoms with Crippen LogP contribution < -0.4 is 14.4 Å². The highest BCUT2D eigenvalue weighted by atomic mass is 32.2. The average Bonchev–Trinajstić information content (AvgIpc) is 2.93. The number of ether oxygens (including phenoxy) is 1. The van der Waals surface area contributed by atoms with E-state index < -0.39 is 34.3 Å². The summed E-state index contributed by atoms with van der Waals surface area (Å²) in [5, 5.41) is 2.75. The van der Waals surface area contributed by atoms with Crippen LogP contribution in [0.2, 0.25) is 0 Å². The molecule has 3 aromatic carbocycles. The van der Waals surface area contributed by atoms with Gasteiger partial charge in [-0.3, -0.25) is 13.9 Å². The Morgan fingerprint density at radius 2 is 1.55 bits per heavy atom. The van der Waals surface area contributed by atoms with Gasteiger partial charge in [0.1, 0.15) is 24.2 Å². The molecule has 0 saturated carbocycles. The van der Waals surface area contributed by atoms with Crippen molar-refractivity contribution in [3.8, 4) is 5.75 Å². The van der Waals surface area contributed by atoms with Crippen molar-refractivity contribution < 1.29 is 27.1 Å². The van der Waals surface area contributed by atoms with E-state index in [1.807, 2.05) is 13.8 Å². The van der Waals surface area contributed by atoms with Crippen LogP contribution in [0.1, 0.15) is 38.3 Å². The molecule has 40 heavy (non-hydrogen) atoms. The number of anilines is 1. The maximum Gasteiger partial charge on any atom is 0.264 e. The first-order chi connectivity index (χ1) is 19.1. The maximum atomic E-state index is 13.9. The van der Waals surface area contributed by atoms with Crippen molar-refractivity contribution in [1.82, 2.24) is 10.2 Å². The third-order valence-corrected chi connectivity index (χ3v) is 8.11. The summed E-state index contributed by atoms with van der Waals surface area (Å²) in [6, 6.07) is 17.6. The largest absolute Gasteiger partial charge is 0.494 e. The summed E-state index contributed by atoms with van der Waals surface area (Å²) in [4.78, 5) is 28.3. The molecule has 10 heteroatoms. The van der Waals surface area contributed by atoms with E-state index in [-0.39, 0.29) is 23.0 Å². The lowest BCUT2D eigenvalue weighted by molar-refractivity contribution is -0.140. The number of nitrogens with one attached hydrogen (secondary N) is 1. The van der Waals surface area contributed by atoms with Crippen LogP contribution in [0.4, 0.5) is 10.1 Å². The van der Waals surface area contributed by atoms with Crippen molar-refractivity contribution in [2.75, 3.05) is 24.0 Å². The molecule has 2 amide bonds. The maximum absolute atomic E-state index is 13.9. The fourth-order valence-corrected chi connectivity index (χ4v) is 5.65. The highest BCUT2D eigenvalue weighted by Crippen LogP contribution is 2.27. The monoisotopic (exact) mass is 569 g/mol. The standard InChI is InChI=1S/C30H36FN3O5S/c1-5-28(30(36)32-6-2)33(20-23-10-12-24(31)13-11-23)29(35)21-34(25-14-16-26(17-15-25)39-7-3)40(37,38)27-18-8-22(4)9-19-27/h8-19,28H,5-7,20-21H2,1-4H3,(H,32,36)/t28-/m1/s1. The number of nitrogens with zero attached hydrogens (tertiary/aromatic N) is 2. The molecule has 1 atom stereocenters. The Kier molecular flexibility index (Phi) is 10.7. The fourth-order valence-electron chi connectivity index (χ4n) is 4.24. The van der Waals surface area contributed by atoms with Gasteiger partial charge in [-0.1, -0.05) is 36.8 Å².